The summed E-state index contributed by atoms with van der Waals surface area (Å²) >= 11 is 7.49. The molecule has 2 heterocycles. The Hall–Kier alpha value is -3.94. The van der Waals surface area contributed by atoms with Crippen LogP contribution >= 0.6 is 22.9 Å². The van der Waals surface area contributed by atoms with Gasteiger partial charge in [0.2, 0.25) is 0 Å². The van der Waals surface area contributed by atoms with Crippen LogP contribution in [0.4, 0.5) is 4.39 Å². The third-order valence-corrected chi connectivity index (χ3v) is 6.80. The van der Waals surface area contributed by atoms with Crippen molar-refractivity contribution in [3.8, 4) is 17.6 Å². The molecule has 0 spiro atoms. The number of allylic oxidation sites excluding steroid dienone is 1. The molecule has 0 fully saturated rings. The maximum atomic E-state index is 13.7. The molecular weight excluding hydrogens is 521 g/mol. The van der Waals surface area contributed by atoms with Gasteiger partial charge in [-0.2, -0.15) is 5.26 Å². The largest absolute Gasteiger partial charge is 0.493 e. The minimum absolute atomic E-state index is 0.146. The van der Waals surface area contributed by atoms with E-state index in [-0.39, 0.29) is 29.6 Å². The Morgan fingerprint density at radius 3 is 2.70 bits per heavy atom. The summed E-state index contributed by atoms with van der Waals surface area (Å²) in [4.78, 5) is 31.4. The molecule has 1 aromatic heterocycles. The van der Waals surface area contributed by atoms with Gasteiger partial charge < -0.3 is 14.2 Å². The second kappa shape index (κ2) is 11.0. The number of nitriles is 1. The molecule has 2 aromatic carbocycles. The molecule has 0 radical (unpaired) electrons. The van der Waals surface area contributed by atoms with E-state index in [0.717, 1.165) is 11.3 Å². The number of methoxy groups -OCH3 is 1. The summed E-state index contributed by atoms with van der Waals surface area (Å²) in [6.07, 6.45) is 1.62. The normalized spacial score (nSPS) is 15.0. The van der Waals surface area contributed by atoms with Crippen LogP contribution in [0.25, 0.3) is 6.08 Å². The van der Waals surface area contributed by atoms with Crippen LogP contribution in [0.2, 0.25) is 5.02 Å². The van der Waals surface area contributed by atoms with E-state index in [1.54, 1.807) is 32.1 Å². The fraction of sp³-hybridized carbons (Fsp3) is 0.231. The first-order valence-electron chi connectivity index (χ1n) is 11.1. The van der Waals surface area contributed by atoms with Gasteiger partial charge in [-0.15, -0.1) is 0 Å². The standard InChI is InChI=1S/C26H21ClFN3O5S/c1-4-35-25(33)21-14(2)30-26-31(22(21)16-5-7-17(28)8-6-16)24(32)20(37-26)13-15-11-18(27)23(36-10-9-29)19(12-15)34-3/h5-8,11-13,22H,4,10H2,1-3H3/b20-13-/t22-/m1/s1. The van der Waals surface area contributed by atoms with Crippen molar-refractivity contribution in [2.24, 2.45) is 4.99 Å². The summed E-state index contributed by atoms with van der Waals surface area (Å²) < 4.78 is 31.4. The fourth-order valence-corrected chi connectivity index (χ4v) is 5.29. The summed E-state index contributed by atoms with van der Waals surface area (Å²) in [5, 5.41) is 9.01. The Balaban J connectivity index is 1.90. The SMILES string of the molecule is CCOC(=O)C1=C(C)N=c2s/c(=C\c3cc(Cl)c(OCC#N)c(OC)c3)c(=O)n2[C@@H]1c1ccc(F)cc1. The highest BCUT2D eigenvalue weighted by Gasteiger charge is 2.33. The second-order valence-corrected chi connectivity index (χ2v) is 9.25. The maximum absolute atomic E-state index is 13.7. The number of esters is 1. The van der Waals surface area contributed by atoms with Gasteiger partial charge in [0.15, 0.2) is 22.9 Å². The average Bonchev–Trinajstić information content (AvgIpc) is 3.17. The molecule has 0 saturated heterocycles. The van der Waals surface area contributed by atoms with Gasteiger partial charge in [0.05, 0.1) is 40.6 Å². The average molecular weight is 542 g/mol. The number of ether oxygens (including phenoxy) is 3. The van der Waals surface area contributed by atoms with Gasteiger partial charge in [-0.25, -0.2) is 14.2 Å². The lowest BCUT2D eigenvalue weighted by molar-refractivity contribution is -0.139. The molecule has 37 heavy (non-hydrogen) atoms. The van der Waals surface area contributed by atoms with Crippen LogP contribution in [0, 0.1) is 17.1 Å². The smallest absolute Gasteiger partial charge is 0.338 e. The van der Waals surface area contributed by atoms with Crippen molar-refractivity contribution in [1.29, 1.82) is 5.26 Å². The number of carbonyl (C=O) groups excluding carboxylic acids is 1. The zero-order chi connectivity index (χ0) is 26.7. The van der Waals surface area contributed by atoms with Gasteiger partial charge in [0.25, 0.3) is 5.56 Å². The summed E-state index contributed by atoms with van der Waals surface area (Å²) in [5.41, 5.74) is 1.30. The van der Waals surface area contributed by atoms with Crippen molar-refractivity contribution in [3.63, 3.8) is 0 Å². The van der Waals surface area contributed by atoms with Crippen molar-refractivity contribution >= 4 is 35.0 Å². The minimum atomic E-state index is -0.849. The molecule has 0 unspecified atom stereocenters. The third-order valence-electron chi connectivity index (χ3n) is 5.53. The third kappa shape index (κ3) is 5.14. The zero-order valence-electron chi connectivity index (χ0n) is 20.1. The van der Waals surface area contributed by atoms with E-state index in [1.807, 2.05) is 6.07 Å². The molecular formula is C26H21ClFN3O5S. The molecule has 0 saturated carbocycles. The van der Waals surface area contributed by atoms with Crippen molar-refractivity contribution in [1.82, 2.24) is 4.57 Å². The molecule has 0 amide bonds. The van der Waals surface area contributed by atoms with E-state index in [0.29, 0.717) is 31.9 Å². The Labute approximate surface area is 220 Å². The first-order valence-corrected chi connectivity index (χ1v) is 12.3. The quantitative estimate of drug-likeness (QED) is 0.424. The molecule has 4 rings (SSSR count). The van der Waals surface area contributed by atoms with Gasteiger partial charge in [-0.3, -0.25) is 9.36 Å². The molecule has 0 bridgehead atoms. The minimum Gasteiger partial charge on any atom is -0.493 e. The Bertz CT molecular complexity index is 1620. The number of thiazole rings is 1. The van der Waals surface area contributed by atoms with E-state index >= 15 is 0 Å². The molecule has 8 nitrogen and oxygen atoms in total. The first kappa shape index (κ1) is 26.1. The Morgan fingerprint density at radius 2 is 2.05 bits per heavy atom. The molecule has 1 aliphatic rings. The predicted octanol–water partition coefficient (Wildman–Crippen LogP) is 3.50. The van der Waals surface area contributed by atoms with Crippen molar-refractivity contribution < 1.29 is 23.4 Å². The first-order chi connectivity index (χ1) is 17.8. The molecule has 3 aromatic rings. The number of hydrogen-bond acceptors (Lipinski definition) is 8. The van der Waals surface area contributed by atoms with E-state index < -0.39 is 23.4 Å². The van der Waals surface area contributed by atoms with Crippen LogP contribution in [0.1, 0.15) is 31.0 Å². The number of benzene rings is 2. The molecule has 0 N–H and O–H groups in total. The molecule has 190 valence electrons. The Kier molecular flexibility index (Phi) is 7.76. The summed E-state index contributed by atoms with van der Waals surface area (Å²) in [6.45, 7) is 3.29. The summed E-state index contributed by atoms with van der Waals surface area (Å²) in [5.74, 6) is -0.527. The van der Waals surface area contributed by atoms with Crippen LogP contribution in [-0.2, 0) is 9.53 Å². The summed E-state index contributed by atoms with van der Waals surface area (Å²) in [7, 11) is 1.44. The lowest BCUT2D eigenvalue weighted by Gasteiger charge is -2.24. The fourth-order valence-electron chi connectivity index (χ4n) is 3.97. The highest BCUT2D eigenvalue weighted by Crippen LogP contribution is 2.36. The van der Waals surface area contributed by atoms with E-state index in [9.17, 15) is 14.0 Å². The number of aromatic nitrogens is 1. The Morgan fingerprint density at radius 1 is 1.32 bits per heavy atom. The van der Waals surface area contributed by atoms with Gasteiger partial charge >= 0.3 is 5.97 Å². The maximum Gasteiger partial charge on any atom is 0.338 e. The van der Waals surface area contributed by atoms with Crippen LogP contribution in [-0.4, -0.2) is 30.9 Å². The number of nitrogens with zero attached hydrogens (tertiary/aromatic N) is 3. The van der Waals surface area contributed by atoms with Crippen LogP contribution in [0.5, 0.6) is 11.5 Å². The highest BCUT2D eigenvalue weighted by molar-refractivity contribution is 7.07. The zero-order valence-corrected chi connectivity index (χ0v) is 21.7. The number of fused-ring (bicyclic) bond motifs is 1. The number of hydrogen-bond donors (Lipinski definition) is 0. The van der Waals surface area contributed by atoms with Crippen molar-refractivity contribution in [3.05, 3.63) is 89.3 Å². The monoisotopic (exact) mass is 541 g/mol. The lowest BCUT2D eigenvalue weighted by Crippen LogP contribution is -2.39. The predicted molar refractivity (Wildman–Crippen MR) is 136 cm³/mol. The molecule has 1 atom stereocenters. The van der Waals surface area contributed by atoms with Crippen LogP contribution in [0.15, 0.2) is 57.5 Å². The molecule has 1 aliphatic heterocycles. The van der Waals surface area contributed by atoms with Gasteiger partial charge in [-0.1, -0.05) is 35.1 Å². The van der Waals surface area contributed by atoms with Gasteiger partial charge in [0, 0.05) is 0 Å². The second-order valence-electron chi connectivity index (χ2n) is 7.83. The van der Waals surface area contributed by atoms with Gasteiger partial charge in [0.1, 0.15) is 11.9 Å². The van der Waals surface area contributed by atoms with E-state index in [2.05, 4.69) is 4.99 Å². The lowest BCUT2D eigenvalue weighted by atomic mass is 9.96. The number of carbonyl (C=O) groups is 1. The molecule has 11 heteroatoms. The van der Waals surface area contributed by atoms with Crippen molar-refractivity contribution in [2.75, 3.05) is 20.3 Å². The van der Waals surface area contributed by atoms with Crippen LogP contribution in [0.3, 0.4) is 0 Å². The highest BCUT2D eigenvalue weighted by atomic mass is 35.5. The van der Waals surface area contributed by atoms with Crippen LogP contribution < -0.4 is 24.4 Å². The number of rotatable bonds is 7. The topological polar surface area (TPSA) is 103 Å². The van der Waals surface area contributed by atoms with Gasteiger partial charge in [-0.05, 0) is 55.3 Å². The molecule has 0 aliphatic carbocycles. The number of halogens is 2. The van der Waals surface area contributed by atoms with E-state index in [1.165, 1.54) is 35.9 Å². The van der Waals surface area contributed by atoms with E-state index in [4.69, 9.17) is 31.1 Å². The summed E-state index contributed by atoms with van der Waals surface area (Å²) in [6, 6.07) is 9.84. The van der Waals surface area contributed by atoms with Crippen molar-refractivity contribution in [2.45, 2.75) is 19.9 Å².